The molecule has 24 heavy (non-hydrogen) atoms. The van der Waals surface area contributed by atoms with Gasteiger partial charge in [-0.3, -0.25) is 0 Å². The zero-order valence-electron chi connectivity index (χ0n) is 13.9. The predicted octanol–water partition coefficient (Wildman–Crippen LogP) is 1.59. The van der Waals surface area contributed by atoms with Crippen molar-refractivity contribution in [2.24, 2.45) is 5.92 Å². The number of nitrogens with one attached hydrogen (secondary N) is 2. The van der Waals surface area contributed by atoms with E-state index in [1.807, 2.05) is 12.1 Å². The first-order valence-corrected chi connectivity index (χ1v) is 8.71. The summed E-state index contributed by atoms with van der Waals surface area (Å²) >= 11 is 0. The summed E-state index contributed by atoms with van der Waals surface area (Å²) in [7, 11) is 0. The van der Waals surface area contributed by atoms with Crippen LogP contribution in [0.4, 0.5) is 16.3 Å². The topological polar surface area (TPSA) is 86.7 Å². The molecule has 2 heterocycles. The zero-order valence-corrected chi connectivity index (χ0v) is 13.9. The molecule has 7 heteroatoms. The molecular formula is C17H26N4O3. The van der Waals surface area contributed by atoms with Crippen molar-refractivity contribution in [1.82, 2.24) is 10.3 Å². The molecule has 1 aromatic heterocycles. The molecule has 7 nitrogen and oxygen atoms in total. The third kappa shape index (κ3) is 4.58. The van der Waals surface area contributed by atoms with Gasteiger partial charge in [0.15, 0.2) is 0 Å². The second-order valence-corrected chi connectivity index (χ2v) is 6.50. The van der Waals surface area contributed by atoms with Gasteiger partial charge in [-0.05, 0) is 43.7 Å². The number of hydrogen-bond acceptors (Lipinski definition) is 5. The fourth-order valence-corrected chi connectivity index (χ4v) is 3.28. The number of pyridine rings is 1. The summed E-state index contributed by atoms with van der Waals surface area (Å²) in [5.74, 6) is 1.30. The van der Waals surface area contributed by atoms with Gasteiger partial charge in [-0.25, -0.2) is 9.78 Å². The fraction of sp³-hybridized carbons (Fsp3) is 0.647. The Morgan fingerprint density at radius 2 is 2.00 bits per heavy atom. The van der Waals surface area contributed by atoms with Gasteiger partial charge in [0.1, 0.15) is 5.82 Å². The van der Waals surface area contributed by atoms with Crippen molar-refractivity contribution in [2.75, 3.05) is 43.1 Å². The molecule has 132 valence electrons. The molecule has 0 radical (unpaired) electrons. The summed E-state index contributed by atoms with van der Waals surface area (Å²) in [6, 6.07) is 3.80. The summed E-state index contributed by atoms with van der Waals surface area (Å²) in [5, 5.41) is 15.0. The second-order valence-electron chi connectivity index (χ2n) is 6.50. The van der Waals surface area contributed by atoms with Gasteiger partial charge in [0.25, 0.3) is 0 Å². The highest BCUT2D eigenvalue weighted by atomic mass is 16.5. The van der Waals surface area contributed by atoms with E-state index in [0.29, 0.717) is 11.6 Å². The van der Waals surface area contributed by atoms with Crippen LogP contribution in [0.15, 0.2) is 18.3 Å². The van der Waals surface area contributed by atoms with Crippen molar-refractivity contribution in [1.29, 1.82) is 0 Å². The number of aromatic nitrogens is 1. The first-order chi connectivity index (χ1) is 11.7. The van der Waals surface area contributed by atoms with Crippen LogP contribution in [-0.4, -0.2) is 55.1 Å². The predicted molar refractivity (Wildman–Crippen MR) is 92.3 cm³/mol. The summed E-state index contributed by atoms with van der Waals surface area (Å²) in [5.41, 5.74) is 0.688. The van der Waals surface area contributed by atoms with Crippen LogP contribution in [0.25, 0.3) is 0 Å². The number of hydrogen-bond donors (Lipinski definition) is 3. The smallest absolute Gasteiger partial charge is 0.319 e. The number of amides is 2. The van der Waals surface area contributed by atoms with E-state index in [0.717, 1.165) is 57.8 Å². The highest BCUT2D eigenvalue weighted by Crippen LogP contribution is 2.23. The Kier molecular flexibility index (Phi) is 5.87. The number of morpholine rings is 1. The Balaban J connectivity index is 1.46. The molecule has 2 amide bonds. The van der Waals surface area contributed by atoms with Crippen LogP contribution in [0.1, 0.15) is 25.7 Å². The van der Waals surface area contributed by atoms with Crippen LogP contribution < -0.4 is 15.5 Å². The van der Waals surface area contributed by atoms with Crippen LogP contribution >= 0.6 is 0 Å². The third-order valence-electron chi connectivity index (χ3n) is 4.78. The first-order valence-electron chi connectivity index (χ1n) is 8.71. The van der Waals surface area contributed by atoms with Gasteiger partial charge < -0.3 is 25.4 Å². The highest BCUT2D eigenvalue weighted by Gasteiger charge is 2.21. The molecule has 3 N–H and O–H groups in total. The molecule has 0 spiro atoms. The number of urea groups is 1. The second kappa shape index (κ2) is 8.30. The molecule has 2 fully saturated rings. The maximum Gasteiger partial charge on any atom is 0.319 e. The van der Waals surface area contributed by atoms with Crippen LogP contribution in [0.3, 0.4) is 0 Å². The quantitative estimate of drug-likeness (QED) is 0.778. The molecular weight excluding hydrogens is 308 g/mol. The average Bonchev–Trinajstić information content (AvgIpc) is 2.64. The molecule has 1 aliphatic heterocycles. The van der Waals surface area contributed by atoms with Crippen molar-refractivity contribution < 1.29 is 14.6 Å². The van der Waals surface area contributed by atoms with Crippen LogP contribution in [0, 0.1) is 5.92 Å². The molecule has 0 bridgehead atoms. The van der Waals surface area contributed by atoms with E-state index in [4.69, 9.17) is 9.84 Å². The molecule has 1 saturated heterocycles. The van der Waals surface area contributed by atoms with E-state index >= 15 is 0 Å². The van der Waals surface area contributed by atoms with Crippen molar-refractivity contribution in [3.05, 3.63) is 18.3 Å². The van der Waals surface area contributed by atoms with E-state index < -0.39 is 0 Å². The summed E-state index contributed by atoms with van der Waals surface area (Å²) in [6.07, 6.45) is 5.47. The minimum Gasteiger partial charge on any atom is -0.396 e. The largest absolute Gasteiger partial charge is 0.396 e. The van der Waals surface area contributed by atoms with Crippen LogP contribution in [0.5, 0.6) is 0 Å². The van der Waals surface area contributed by atoms with Crippen molar-refractivity contribution in [3.8, 4) is 0 Å². The maximum absolute atomic E-state index is 12.1. The van der Waals surface area contributed by atoms with Gasteiger partial charge >= 0.3 is 6.03 Å². The third-order valence-corrected chi connectivity index (χ3v) is 4.78. The minimum atomic E-state index is -0.191. The molecule has 2 aliphatic rings. The molecule has 0 aromatic carbocycles. The summed E-state index contributed by atoms with van der Waals surface area (Å²) < 4.78 is 5.33. The Morgan fingerprint density at radius 1 is 1.25 bits per heavy atom. The van der Waals surface area contributed by atoms with Gasteiger partial charge in [0.05, 0.1) is 25.1 Å². The first kappa shape index (κ1) is 17.0. The number of anilines is 2. The standard InChI is InChI=1S/C17H26N4O3/c22-12-13-1-3-14(4-2-13)19-17(23)20-15-5-6-16(18-11-15)21-7-9-24-10-8-21/h5-6,11,13-14,22H,1-4,7-10,12H2,(H2,19,20,23). The number of aliphatic hydroxyl groups is 1. The SMILES string of the molecule is O=C(Nc1ccc(N2CCOCC2)nc1)NC1CCC(CO)CC1. The number of carbonyl (C=O) groups is 1. The molecule has 0 unspecified atom stereocenters. The van der Waals surface area contributed by atoms with Gasteiger partial charge in [0.2, 0.25) is 0 Å². The van der Waals surface area contributed by atoms with E-state index in [2.05, 4.69) is 20.5 Å². The molecule has 0 atom stereocenters. The number of aliphatic hydroxyl groups excluding tert-OH is 1. The highest BCUT2D eigenvalue weighted by molar-refractivity contribution is 5.89. The van der Waals surface area contributed by atoms with Crippen LogP contribution in [0.2, 0.25) is 0 Å². The lowest BCUT2D eigenvalue weighted by Crippen LogP contribution is -2.40. The lowest BCUT2D eigenvalue weighted by molar-refractivity contribution is 0.122. The number of carbonyl (C=O) groups excluding carboxylic acids is 1. The lowest BCUT2D eigenvalue weighted by atomic mass is 9.87. The Bertz CT molecular complexity index is 523. The molecule has 1 saturated carbocycles. The molecule has 1 aromatic rings. The van der Waals surface area contributed by atoms with Crippen molar-refractivity contribution >= 4 is 17.5 Å². The van der Waals surface area contributed by atoms with Gasteiger partial charge in [0, 0.05) is 25.7 Å². The van der Waals surface area contributed by atoms with E-state index in [9.17, 15) is 4.79 Å². The van der Waals surface area contributed by atoms with Gasteiger partial charge in [-0.2, -0.15) is 0 Å². The number of rotatable bonds is 4. The zero-order chi connectivity index (χ0) is 16.8. The Labute approximate surface area is 142 Å². The Morgan fingerprint density at radius 3 is 2.62 bits per heavy atom. The fourth-order valence-electron chi connectivity index (χ4n) is 3.28. The number of ether oxygens (including phenoxy) is 1. The van der Waals surface area contributed by atoms with E-state index in [1.54, 1.807) is 6.20 Å². The lowest BCUT2D eigenvalue weighted by Gasteiger charge is -2.28. The average molecular weight is 334 g/mol. The maximum atomic E-state index is 12.1. The monoisotopic (exact) mass is 334 g/mol. The van der Waals surface area contributed by atoms with Crippen LogP contribution in [-0.2, 0) is 4.74 Å². The van der Waals surface area contributed by atoms with E-state index in [-0.39, 0.29) is 18.7 Å². The van der Waals surface area contributed by atoms with Crippen molar-refractivity contribution in [3.63, 3.8) is 0 Å². The van der Waals surface area contributed by atoms with E-state index in [1.165, 1.54) is 0 Å². The minimum absolute atomic E-state index is 0.188. The molecule has 1 aliphatic carbocycles. The van der Waals surface area contributed by atoms with Gasteiger partial charge in [-0.1, -0.05) is 0 Å². The summed E-state index contributed by atoms with van der Waals surface area (Å²) in [6.45, 7) is 3.39. The normalized spacial score (nSPS) is 24.5. The van der Waals surface area contributed by atoms with Crippen molar-refractivity contribution in [2.45, 2.75) is 31.7 Å². The summed E-state index contributed by atoms with van der Waals surface area (Å²) in [4.78, 5) is 18.7. The molecule has 3 rings (SSSR count). The van der Waals surface area contributed by atoms with Gasteiger partial charge in [-0.15, -0.1) is 0 Å². The Hall–Kier alpha value is -1.86. The number of nitrogens with zero attached hydrogens (tertiary/aromatic N) is 2.